The molecule has 5 nitrogen and oxygen atoms in total. The summed E-state index contributed by atoms with van der Waals surface area (Å²) in [5, 5.41) is 5.14. The Bertz CT molecular complexity index is 688. The van der Waals surface area contributed by atoms with E-state index in [-0.39, 0.29) is 23.5 Å². The van der Waals surface area contributed by atoms with Crippen LogP contribution in [-0.4, -0.2) is 34.8 Å². The van der Waals surface area contributed by atoms with E-state index in [1.54, 1.807) is 16.5 Å². The normalized spacial score (nSPS) is 17.8. The standard InChI is InChI=1S/C16H16FN3O2S/c17-13-5-3-11(4-6-13)15(22)20-8-1-2-12(10-20)14(21)19-16-18-7-9-23-16/h3-7,9,12H,1-2,8,10H2,(H,18,19,21)/t12-/m0/s1. The summed E-state index contributed by atoms with van der Waals surface area (Å²) in [6.45, 7) is 0.977. The summed E-state index contributed by atoms with van der Waals surface area (Å²) in [6, 6.07) is 5.47. The van der Waals surface area contributed by atoms with Crippen molar-refractivity contribution < 1.29 is 14.0 Å². The number of carbonyl (C=O) groups is 2. The van der Waals surface area contributed by atoms with Gasteiger partial charge in [-0.1, -0.05) is 0 Å². The van der Waals surface area contributed by atoms with Crippen LogP contribution in [0.4, 0.5) is 9.52 Å². The summed E-state index contributed by atoms with van der Waals surface area (Å²) in [7, 11) is 0. The highest BCUT2D eigenvalue weighted by Crippen LogP contribution is 2.21. The molecule has 2 amide bonds. The van der Waals surface area contributed by atoms with Crippen LogP contribution in [-0.2, 0) is 4.79 Å². The van der Waals surface area contributed by atoms with Crippen molar-refractivity contribution in [2.75, 3.05) is 18.4 Å². The van der Waals surface area contributed by atoms with E-state index in [2.05, 4.69) is 10.3 Å². The summed E-state index contributed by atoms with van der Waals surface area (Å²) in [6.07, 6.45) is 3.14. The second-order valence-corrected chi connectivity index (χ2v) is 6.32. The van der Waals surface area contributed by atoms with Gasteiger partial charge in [0.1, 0.15) is 5.82 Å². The Morgan fingerprint density at radius 1 is 1.30 bits per heavy atom. The van der Waals surface area contributed by atoms with Gasteiger partial charge in [0, 0.05) is 30.2 Å². The van der Waals surface area contributed by atoms with Gasteiger partial charge in [-0.05, 0) is 37.1 Å². The van der Waals surface area contributed by atoms with Crippen LogP contribution in [0.5, 0.6) is 0 Å². The molecule has 1 N–H and O–H groups in total. The number of nitrogens with one attached hydrogen (secondary N) is 1. The van der Waals surface area contributed by atoms with E-state index >= 15 is 0 Å². The molecule has 0 unspecified atom stereocenters. The van der Waals surface area contributed by atoms with E-state index in [4.69, 9.17) is 0 Å². The number of benzene rings is 1. The molecule has 1 saturated heterocycles. The number of hydrogen-bond acceptors (Lipinski definition) is 4. The minimum absolute atomic E-state index is 0.114. The fourth-order valence-electron chi connectivity index (χ4n) is 2.64. The monoisotopic (exact) mass is 333 g/mol. The predicted molar refractivity (Wildman–Crippen MR) is 85.8 cm³/mol. The molecular formula is C16H16FN3O2S. The molecule has 23 heavy (non-hydrogen) atoms. The van der Waals surface area contributed by atoms with E-state index < -0.39 is 0 Å². The molecule has 2 heterocycles. The SMILES string of the molecule is O=C(Nc1nccs1)[C@H]1CCCN(C(=O)c2ccc(F)cc2)C1. The number of aromatic nitrogens is 1. The third-order valence-electron chi connectivity index (χ3n) is 3.83. The van der Waals surface area contributed by atoms with Crippen molar-refractivity contribution in [1.29, 1.82) is 0 Å². The first-order chi connectivity index (χ1) is 11.1. The number of likely N-dealkylation sites (tertiary alicyclic amines) is 1. The van der Waals surface area contributed by atoms with Gasteiger partial charge in [-0.3, -0.25) is 9.59 Å². The number of nitrogens with zero attached hydrogens (tertiary/aromatic N) is 2. The average Bonchev–Trinajstić information content (AvgIpc) is 3.08. The van der Waals surface area contributed by atoms with Crippen molar-refractivity contribution in [2.45, 2.75) is 12.8 Å². The zero-order valence-electron chi connectivity index (χ0n) is 12.4. The number of thiazole rings is 1. The van der Waals surface area contributed by atoms with Gasteiger partial charge in [-0.25, -0.2) is 9.37 Å². The van der Waals surface area contributed by atoms with Gasteiger partial charge >= 0.3 is 0 Å². The zero-order valence-corrected chi connectivity index (χ0v) is 13.2. The molecule has 0 bridgehead atoms. The average molecular weight is 333 g/mol. The van der Waals surface area contributed by atoms with Gasteiger partial charge in [0.2, 0.25) is 5.91 Å². The second-order valence-electron chi connectivity index (χ2n) is 5.42. The fraction of sp³-hybridized carbons (Fsp3) is 0.312. The second kappa shape index (κ2) is 6.87. The highest BCUT2D eigenvalue weighted by Gasteiger charge is 2.29. The molecule has 0 spiro atoms. The number of anilines is 1. The van der Waals surface area contributed by atoms with E-state index in [0.29, 0.717) is 23.8 Å². The van der Waals surface area contributed by atoms with Gasteiger partial charge in [-0.2, -0.15) is 0 Å². The molecule has 3 rings (SSSR count). The molecule has 1 aliphatic heterocycles. The summed E-state index contributed by atoms with van der Waals surface area (Å²) in [5.74, 6) is -0.911. The van der Waals surface area contributed by atoms with Gasteiger partial charge in [0.25, 0.3) is 5.91 Å². The lowest BCUT2D eigenvalue weighted by Gasteiger charge is -2.32. The molecule has 1 aromatic heterocycles. The van der Waals surface area contributed by atoms with Crippen molar-refractivity contribution in [2.24, 2.45) is 5.92 Å². The Labute approximate surface area is 137 Å². The molecule has 2 aromatic rings. The summed E-state index contributed by atoms with van der Waals surface area (Å²) in [4.78, 5) is 30.4. The number of rotatable bonds is 3. The molecule has 0 aliphatic carbocycles. The van der Waals surface area contributed by atoms with E-state index in [0.717, 1.165) is 12.8 Å². The van der Waals surface area contributed by atoms with Crippen LogP contribution in [0.15, 0.2) is 35.8 Å². The molecule has 0 radical (unpaired) electrons. The number of halogens is 1. The van der Waals surface area contributed by atoms with E-state index in [1.165, 1.54) is 35.6 Å². The maximum Gasteiger partial charge on any atom is 0.253 e. The van der Waals surface area contributed by atoms with Gasteiger partial charge in [0.05, 0.1) is 5.92 Å². The smallest absolute Gasteiger partial charge is 0.253 e. The maximum absolute atomic E-state index is 13.0. The minimum atomic E-state index is -0.374. The van der Waals surface area contributed by atoms with Crippen molar-refractivity contribution in [3.8, 4) is 0 Å². The lowest BCUT2D eigenvalue weighted by Crippen LogP contribution is -2.43. The summed E-state index contributed by atoms with van der Waals surface area (Å²) < 4.78 is 13.0. The molecule has 1 fully saturated rings. The largest absolute Gasteiger partial charge is 0.338 e. The minimum Gasteiger partial charge on any atom is -0.338 e. The van der Waals surface area contributed by atoms with Gasteiger partial charge < -0.3 is 10.2 Å². The zero-order chi connectivity index (χ0) is 16.2. The lowest BCUT2D eigenvalue weighted by atomic mass is 9.96. The van der Waals surface area contributed by atoms with Crippen LogP contribution in [0.3, 0.4) is 0 Å². The Kier molecular flexibility index (Phi) is 4.66. The van der Waals surface area contributed by atoms with E-state index in [1.807, 2.05) is 0 Å². The third kappa shape index (κ3) is 3.73. The van der Waals surface area contributed by atoms with Crippen LogP contribution in [0, 0.1) is 11.7 Å². The first-order valence-corrected chi connectivity index (χ1v) is 8.26. The summed E-state index contributed by atoms with van der Waals surface area (Å²) in [5.41, 5.74) is 0.437. The molecule has 7 heteroatoms. The first kappa shape index (κ1) is 15.6. The molecule has 1 aliphatic rings. The van der Waals surface area contributed by atoms with Crippen LogP contribution in [0.1, 0.15) is 23.2 Å². The number of carbonyl (C=O) groups excluding carboxylic acids is 2. The van der Waals surface area contributed by atoms with Crippen molar-refractivity contribution in [3.05, 3.63) is 47.2 Å². The van der Waals surface area contributed by atoms with Gasteiger partial charge in [0.15, 0.2) is 5.13 Å². The molecule has 1 aromatic carbocycles. The van der Waals surface area contributed by atoms with E-state index in [9.17, 15) is 14.0 Å². The van der Waals surface area contributed by atoms with Crippen molar-refractivity contribution >= 4 is 28.3 Å². The quantitative estimate of drug-likeness (QED) is 0.939. The highest BCUT2D eigenvalue weighted by atomic mass is 32.1. The molecule has 120 valence electrons. The van der Waals surface area contributed by atoms with Crippen LogP contribution in [0.25, 0.3) is 0 Å². The molecule has 0 saturated carbocycles. The fourth-order valence-corrected chi connectivity index (χ4v) is 3.18. The Balaban J connectivity index is 1.64. The highest BCUT2D eigenvalue weighted by molar-refractivity contribution is 7.13. The van der Waals surface area contributed by atoms with Crippen LogP contribution >= 0.6 is 11.3 Å². The van der Waals surface area contributed by atoms with Crippen molar-refractivity contribution in [3.63, 3.8) is 0 Å². The van der Waals surface area contributed by atoms with Gasteiger partial charge in [-0.15, -0.1) is 11.3 Å². The number of amides is 2. The Morgan fingerprint density at radius 2 is 2.09 bits per heavy atom. The topological polar surface area (TPSA) is 62.3 Å². The third-order valence-corrected chi connectivity index (χ3v) is 4.52. The number of piperidine rings is 1. The molecule has 1 atom stereocenters. The number of hydrogen-bond donors (Lipinski definition) is 1. The Morgan fingerprint density at radius 3 is 2.78 bits per heavy atom. The van der Waals surface area contributed by atoms with Crippen LogP contribution < -0.4 is 5.32 Å². The van der Waals surface area contributed by atoms with Crippen LogP contribution in [0.2, 0.25) is 0 Å². The molecular weight excluding hydrogens is 317 g/mol. The Hall–Kier alpha value is -2.28. The maximum atomic E-state index is 13.0. The first-order valence-electron chi connectivity index (χ1n) is 7.38. The summed E-state index contributed by atoms with van der Waals surface area (Å²) >= 11 is 1.36. The lowest BCUT2D eigenvalue weighted by molar-refractivity contribution is -0.121. The van der Waals surface area contributed by atoms with Crippen molar-refractivity contribution in [1.82, 2.24) is 9.88 Å². The predicted octanol–water partition coefficient (Wildman–Crippen LogP) is 2.77.